The number of carbonyl (C=O) groups excluding carboxylic acids is 2. The van der Waals surface area contributed by atoms with E-state index in [0.717, 1.165) is 37.9 Å². The maximum atomic E-state index is 13.1. The Kier molecular flexibility index (Phi) is 6.07. The zero-order valence-electron chi connectivity index (χ0n) is 18.1. The first-order valence-corrected chi connectivity index (χ1v) is 10.9. The first-order valence-electron chi connectivity index (χ1n) is 10.9. The van der Waals surface area contributed by atoms with E-state index in [1.807, 2.05) is 35.2 Å². The van der Waals surface area contributed by atoms with E-state index in [9.17, 15) is 9.59 Å². The summed E-state index contributed by atoms with van der Waals surface area (Å²) in [6, 6.07) is 18.0. The van der Waals surface area contributed by atoms with Gasteiger partial charge in [-0.15, -0.1) is 0 Å². The third kappa shape index (κ3) is 4.63. The number of hydrogen-bond acceptors (Lipinski definition) is 4. The smallest absolute Gasteiger partial charge is 0.266 e. The summed E-state index contributed by atoms with van der Waals surface area (Å²) in [6.45, 7) is 3.27. The van der Waals surface area contributed by atoms with Gasteiger partial charge in [0.05, 0.1) is 5.71 Å². The highest BCUT2D eigenvalue weighted by molar-refractivity contribution is 6.07. The molecular weight excluding hydrogens is 390 g/mol. The Morgan fingerprint density at radius 2 is 1.87 bits per heavy atom. The first kappa shape index (κ1) is 21.1. The third-order valence-corrected chi connectivity index (χ3v) is 6.28. The fourth-order valence-electron chi connectivity index (χ4n) is 4.38. The number of likely N-dealkylation sites (tertiary alicyclic amines) is 1. The molecule has 162 valence electrons. The molecule has 0 aromatic heterocycles. The molecule has 2 aliphatic rings. The molecule has 2 heterocycles. The molecule has 0 aliphatic carbocycles. The second-order valence-corrected chi connectivity index (χ2v) is 8.62. The fourth-order valence-corrected chi connectivity index (χ4v) is 4.38. The standard InChI is InChI=1S/C25H29N3O3/c1-25(24(30)26-2)17-22(27-31-25)20-9-6-10-21(16-20)23(29)28-13-11-19(12-14-28)15-18-7-4-3-5-8-18/h3-10,16,19H,11-15,17H2,1-2H3,(H,26,30). The molecule has 0 saturated carbocycles. The Hall–Kier alpha value is -3.15. The van der Waals surface area contributed by atoms with Gasteiger partial charge in [0.1, 0.15) is 0 Å². The van der Waals surface area contributed by atoms with Crippen LogP contribution in [0.2, 0.25) is 0 Å². The van der Waals surface area contributed by atoms with Gasteiger partial charge in [-0.2, -0.15) is 0 Å². The second-order valence-electron chi connectivity index (χ2n) is 8.62. The Labute approximate surface area is 183 Å². The van der Waals surface area contributed by atoms with Crippen LogP contribution < -0.4 is 5.32 Å². The molecule has 6 heteroatoms. The summed E-state index contributed by atoms with van der Waals surface area (Å²) in [7, 11) is 1.58. The van der Waals surface area contributed by atoms with Gasteiger partial charge in [-0.3, -0.25) is 9.59 Å². The van der Waals surface area contributed by atoms with Crippen molar-refractivity contribution < 1.29 is 14.4 Å². The predicted octanol–water partition coefficient (Wildman–Crippen LogP) is 3.41. The van der Waals surface area contributed by atoms with E-state index in [2.05, 4.69) is 34.7 Å². The van der Waals surface area contributed by atoms with E-state index in [0.29, 0.717) is 23.6 Å². The molecular formula is C25H29N3O3. The van der Waals surface area contributed by atoms with Crippen molar-refractivity contribution in [2.24, 2.45) is 11.1 Å². The van der Waals surface area contributed by atoms with E-state index in [-0.39, 0.29) is 11.8 Å². The Bertz CT molecular complexity index is 981. The molecule has 1 atom stereocenters. The molecule has 1 N–H and O–H groups in total. The summed E-state index contributed by atoms with van der Waals surface area (Å²) >= 11 is 0. The first-order chi connectivity index (χ1) is 15.0. The normalized spacial score (nSPS) is 21.4. The molecule has 0 spiro atoms. The van der Waals surface area contributed by atoms with E-state index in [1.54, 1.807) is 14.0 Å². The number of amides is 2. The predicted molar refractivity (Wildman–Crippen MR) is 120 cm³/mol. The third-order valence-electron chi connectivity index (χ3n) is 6.28. The number of likely N-dealkylation sites (N-methyl/N-ethyl adjacent to an activating group) is 1. The van der Waals surface area contributed by atoms with Crippen LogP contribution in [-0.2, 0) is 16.1 Å². The van der Waals surface area contributed by atoms with Crippen LogP contribution in [0.3, 0.4) is 0 Å². The van der Waals surface area contributed by atoms with Crippen molar-refractivity contribution in [3.63, 3.8) is 0 Å². The SMILES string of the molecule is CNC(=O)C1(C)CC(c2cccc(C(=O)N3CCC(Cc4ccccc4)CC3)c2)=NO1. The number of nitrogens with zero attached hydrogens (tertiary/aromatic N) is 2. The summed E-state index contributed by atoms with van der Waals surface area (Å²) in [4.78, 5) is 32.5. The van der Waals surface area contributed by atoms with Crippen LogP contribution in [0.15, 0.2) is 59.8 Å². The van der Waals surface area contributed by atoms with Crippen molar-refractivity contribution in [3.8, 4) is 0 Å². The second kappa shape index (κ2) is 8.92. The number of nitrogens with one attached hydrogen (secondary N) is 1. The minimum absolute atomic E-state index is 0.0496. The van der Waals surface area contributed by atoms with E-state index < -0.39 is 5.60 Å². The van der Waals surface area contributed by atoms with Crippen molar-refractivity contribution in [2.45, 2.75) is 38.2 Å². The molecule has 2 aromatic carbocycles. The molecule has 6 nitrogen and oxygen atoms in total. The number of rotatable bonds is 5. The molecule has 1 unspecified atom stereocenters. The lowest BCUT2D eigenvalue weighted by Gasteiger charge is -2.32. The van der Waals surface area contributed by atoms with Crippen LogP contribution in [0.4, 0.5) is 0 Å². The maximum Gasteiger partial charge on any atom is 0.266 e. The molecule has 31 heavy (non-hydrogen) atoms. The molecule has 2 aliphatic heterocycles. The number of oxime groups is 1. The van der Waals surface area contributed by atoms with Gasteiger partial charge in [0.2, 0.25) is 5.60 Å². The van der Waals surface area contributed by atoms with Crippen molar-refractivity contribution in [3.05, 3.63) is 71.3 Å². The molecule has 0 bridgehead atoms. The Morgan fingerprint density at radius 3 is 2.58 bits per heavy atom. The Morgan fingerprint density at radius 1 is 1.13 bits per heavy atom. The van der Waals surface area contributed by atoms with Crippen LogP contribution in [0.25, 0.3) is 0 Å². The molecule has 2 aromatic rings. The summed E-state index contributed by atoms with van der Waals surface area (Å²) < 4.78 is 0. The summed E-state index contributed by atoms with van der Waals surface area (Å²) in [5.74, 6) is 0.454. The fraction of sp³-hybridized carbons (Fsp3) is 0.400. The van der Waals surface area contributed by atoms with E-state index in [4.69, 9.17) is 4.84 Å². The van der Waals surface area contributed by atoms with Gasteiger partial charge in [0, 0.05) is 37.7 Å². The monoisotopic (exact) mass is 419 g/mol. The van der Waals surface area contributed by atoms with Gasteiger partial charge in [-0.1, -0.05) is 47.6 Å². The minimum atomic E-state index is -1.01. The van der Waals surface area contributed by atoms with Gasteiger partial charge in [-0.25, -0.2) is 0 Å². The average Bonchev–Trinajstić information content (AvgIpc) is 3.23. The van der Waals surface area contributed by atoms with Gasteiger partial charge >= 0.3 is 0 Å². The topological polar surface area (TPSA) is 71.0 Å². The van der Waals surface area contributed by atoms with Crippen molar-refractivity contribution in [2.75, 3.05) is 20.1 Å². The number of carbonyl (C=O) groups is 2. The average molecular weight is 420 g/mol. The molecule has 1 fully saturated rings. The molecule has 1 saturated heterocycles. The van der Waals surface area contributed by atoms with Crippen LogP contribution >= 0.6 is 0 Å². The number of hydrogen-bond donors (Lipinski definition) is 1. The van der Waals surface area contributed by atoms with Crippen LogP contribution in [0.1, 0.15) is 47.7 Å². The van der Waals surface area contributed by atoms with Crippen molar-refractivity contribution in [1.29, 1.82) is 0 Å². The zero-order valence-corrected chi connectivity index (χ0v) is 18.1. The van der Waals surface area contributed by atoms with Gasteiger partial charge in [0.25, 0.3) is 11.8 Å². The van der Waals surface area contributed by atoms with E-state index in [1.165, 1.54) is 5.56 Å². The van der Waals surface area contributed by atoms with Gasteiger partial charge in [0.15, 0.2) is 0 Å². The highest BCUT2D eigenvalue weighted by Crippen LogP contribution is 2.28. The van der Waals surface area contributed by atoms with Crippen LogP contribution in [0, 0.1) is 5.92 Å². The lowest BCUT2D eigenvalue weighted by atomic mass is 9.90. The van der Waals surface area contributed by atoms with Gasteiger partial charge < -0.3 is 15.1 Å². The zero-order chi connectivity index (χ0) is 21.8. The minimum Gasteiger partial charge on any atom is -0.379 e. The maximum absolute atomic E-state index is 13.1. The number of piperidine rings is 1. The quantitative estimate of drug-likeness (QED) is 0.807. The van der Waals surface area contributed by atoms with Gasteiger partial charge in [-0.05, 0) is 49.8 Å². The van der Waals surface area contributed by atoms with Crippen LogP contribution in [0.5, 0.6) is 0 Å². The molecule has 2 amide bonds. The van der Waals surface area contributed by atoms with Crippen molar-refractivity contribution in [1.82, 2.24) is 10.2 Å². The molecule has 4 rings (SSSR count). The lowest BCUT2D eigenvalue weighted by molar-refractivity contribution is -0.141. The highest BCUT2D eigenvalue weighted by Gasteiger charge is 2.41. The van der Waals surface area contributed by atoms with Crippen LogP contribution in [-0.4, -0.2) is 48.2 Å². The molecule has 0 radical (unpaired) electrons. The largest absolute Gasteiger partial charge is 0.379 e. The summed E-state index contributed by atoms with van der Waals surface area (Å²) in [5.41, 5.74) is 2.50. The van der Waals surface area contributed by atoms with E-state index >= 15 is 0 Å². The Balaban J connectivity index is 1.37. The highest BCUT2D eigenvalue weighted by atomic mass is 16.7. The summed E-state index contributed by atoms with van der Waals surface area (Å²) in [5, 5.41) is 6.73. The number of benzene rings is 2. The lowest BCUT2D eigenvalue weighted by Crippen LogP contribution is -2.43. The summed E-state index contributed by atoms with van der Waals surface area (Å²) in [6.07, 6.45) is 3.48. The van der Waals surface area contributed by atoms with Crippen molar-refractivity contribution >= 4 is 17.5 Å².